The van der Waals surface area contributed by atoms with E-state index in [9.17, 15) is 0 Å². The second kappa shape index (κ2) is 6.75. The Kier molecular flexibility index (Phi) is 5.01. The van der Waals surface area contributed by atoms with Gasteiger partial charge in [0.1, 0.15) is 17.5 Å². The Balaban J connectivity index is 2.04. The second-order valence-corrected chi connectivity index (χ2v) is 5.33. The highest BCUT2D eigenvalue weighted by Gasteiger charge is 2.04. The maximum absolute atomic E-state index is 5.85. The van der Waals surface area contributed by atoms with Crippen LogP contribution in [0.25, 0.3) is 0 Å². The SMILES string of the molecule is COCc1nc(N)cc(SCc2ccc(Cl)cc2)n1. The van der Waals surface area contributed by atoms with Gasteiger partial charge < -0.3 is 10.5 Å². The fourth-order valence-electron chi connectivity index (χ4n) is 1.50. The first kappa shape index (κ1) is 14.1. The second-order valence-electron chi connectivity index (χ2n) is 3.90. The van der Waals surface area contributed by atoms with Crippen molar-refractivity contribution in [3.63, 3.8) is 0 Å². The average Bonchev–Trinajstić information content (AvgIpc) is 2.38. The van der Waals surface area contributed by atoms with Crippen LogP contribution in [0.4, 0.5) is 5.82 Å². The molecule has 1 aromatic heterocycles. The molecular weight excluding hydrogens is 282 g/mol. The Morgan fingerprint density at radius 1 is 1.26 bits per heavy atom. The standard InChI is InChI=1S/C13H14ClN3OS/c1-18-7-12-16-11(15)6-13(17-12)19-8-9-2-4-10(14)5-3-9/h2-6H,7-8H2,1H3,(H2,15,16,17). The van der Waals surface area contributed by atoms with Gasteiger partial charge in [0.15, 0.2) is 5.82 Å². The minimum atomic E-state index is 0.361. The number of nitrogen functional groups attached to an aromatic ring is 1. The summed E-state index contributed by atoms with van der Waals surface area (Å²) in [6.45, 7) is 0.361. The van der Waals surface area contributed by atoms with Crippen LogP contribution in [0.1, 0.15) is 11.4 Å². The number of aromatic nitrogens is 2. The van der Waals surface area contributed by atoms with E-state index in [1.54, 1.807) is 24.9 Å². The largest absolute Gasteiger partial charge is 0.384 e. The molecule has 0 fully saturated rings. The van der Waals surface area contributed by atoms with E-state index in [4.69, 9.17) is 22.1 Å². The average molecular weight is 296 g/mol. The van der Waals surface area contributed by atoms with Crippen LogP contribution in [-0.2, 0) is 17.1 Å². The molecule has 1 heterocycles. The monoisotopic (exact) mass is 295 g/mol. The van der Waals surface area contributed by atoms with Crippen molar-refractivity contribution >= 4 is 29.2 Å². The predicted octanol–water partition coefficient (Wildman–Crippen LogP) is 3.15. The van der Waals surface area contributed by atoms with Crippen LogP contribution in [0.2, 0.25) is 5.02 Å². The van der Waals surface area contributed by atoms with Crippen LogP contribution in [0, 0.1) is 0 Å². The summed E-state index contributed by atoms with van der Waals surface area (Å²) in [6, 6.07) is 9.51. The molecule has 0 atom stereocenters. The maximum Gasteiger partial charge on any atom is 0.157 e. The highest BCUT2D eigenvalue weighted by molar-refractivity contribution is 7.98. The minimum Gasteiger partial charge on any atom is -0.384 e. The molecule has 19 heavy (non-hydrogen) atoms. The van der Waals surface area contributed by atoms with Crippen LogP contribution in [0.15, 0.2) is 35.4 Å². The van der Waals surface area contributed by atoms with Crippen molar-refractivity contribution in [1.82, 2.24) is 9.97 Å². The zero-order valence-corrected chi connectivity index (χ0v) is 12.0. The molecular formula is C13H14ClN3OS. The van der Waals surface area contributed by atoms with Gasteiger partial charge in [0, 0.05) is 24.0 Å². The van der Waals surface area contributed by atoms with Crippen molar-refractivity contribution in [3.05, 3.63) is 46.7 Å². The van der Waals surface area contributed by atoms with Crippen LogP contribution in [0.5, 0.6) is 0 Å². The zero-order valence-electron chi connectivity index (χ0n) is 10.5. The summed E-state index contributed by atoms with van der Waals surface area (Å²) in [5.41, 5.74) is 6.92. The van der Waals surface area contributed by atoms with Gasteiger partial charge in [-0.2, -0.15) is 0 Å². The normalized spacial score (nSPS) is 10.6. The number of nitrogens with two attached hydrogens (primary N) is 1. The predicted molar refractivity (Wildman–Crippen MR) is 78.2 cm³/mol. The first-order valence-electron chi connectivity index (χ1n) is 5.67. The van der Waals surface area contributed by atoms with Crippen LogP contribution in [0.3, 0.4) is 0 Å². The van der Waals surface area contributed by atoms with Crippen LogP contribution in [-0.4, -0.2) is 17.1 Å². The lowest BCUT2D eigenvalue weighted by Crippen LogP contribution is -2.01. The number of hydrogen-bond acceptors (Lipinski definition) is 5. The first-order chi connectivity index (χ1) is 9.17. The number of benzene rings is 1. The molecule has 2 N–H and O–H groups in total. The van der Waals surface area contributed by atoms with E-state index in [2.05, 4.69) is 9.97 Å². The van der Waals surface area contributed by atoms with Crippen molar-refractivity contribution in [2.45, 2.75) is 17.4 Å². The molecule has 6 heteroatoms. The number of thioether (sulfide) groups is 1. The van der Waals surface area contributed by atoms with Crippen molar-refractivity contribution in [1.29, 1.82) is 0 Å². The van der Waals surface area contributed by atoms with Gasteiger partial charge in [-0.05, 0) is 17.7 Å². The molecule has 2 rings (SSSR count). The summed E-state index contributed by atoms with van der Waals surface area (Å²) in [7, 11) is 1.60. The topological polar surface area (TPSA) is 61.0 Å². The molecule has 100 valence electrons. The van der Waals surface area contributed by atoms with Gasteiger partial charge in [-0.15, -0.1) is 11.8 Å². The summed E-state index contributed by atoms with van der Waals surface area (Å²) in [6.07, 6.45) is 0. The lowest BCUT2D eigenvalue weighted by atomic mass is 10.2. The molecule has 0 amide bonds. The molecule has 0 saturated carbocycles. The van der Waals surface area contributed by atoms with E-state index in [1.165, 1.54) is 5.56 Å². The third-order valence-electron chi connectivity index (χ3n) is 2.34. The minimum absolute atomic E-state index is 0.361. The van der Waals surface area contributed by atoms with Crippen molar-refractivity contribution in [2.24, 2.45) is 0 Å². The quantitative estimate of drug-likeness (QED) is 0.678. The summed E-state index contributed by atoms with van der Waals surface area (Å²) in [5.74, 6) is 1.86. The summed E-state index contributed by atoms with van der Waals surface area (Å²) in [4.78, 5) is 8.48. The Labute approximate surface area is 121 Å². The summed E-state index contributed by atoms with van der Waals surface area (Å²) < 4.78 is 5.01. The number of methoxy groups -OCH3 is 1. The molecule has 4 nitrogen and oxygen atoms in total. The number of halogens is 1. The van der Waals surface area contributed by atoms with Gasteiger partial charge >= 0.3 is 0 Å². The molecule has 0 unspecified atom stereocenters. The summed E-state index contributed by atoms with van der Waals surface area (Å²) >= 11 is 7.45. The van der Waals surface area contributed by atoms with Gasteiger partial charge in [0.2, 0.25) is 0 Å². The van der Waals surface area contributed by atoms with Crippen molar-refractivity contribution < 1.29 is 4.74 Å². The molecule has 0 aliphatic rings. The highest BCUT2D eigenvalue weighted by Crippen LogP contribution is 2.23. The van der Waals surface area contributed by atoms with Crippen LogP contribution < -0.4 is 5.73 Å². The van der Waals surface area contributed by atoms with Gasteiger partial charge in [0.05, 0.1) is 0 Å². The van der Waals surface area contributed by atoms with E-state index in [0.717, 1.165) is 15.8 Å². The molecule has 1 aromatic carbocycles. The lowest BCUT2D eigenvalue weighted by Gasteiger charge is -2.05. The molecule has 0 radical (unpaired) electrons. The number of anilines is 1. The van der Waals surface area contributed by atoms with E-state index < -0.39 is 0 Å². The number of rotatable bonds is 5. The van der Waals surface area contributed by atoms with Gasteiger partial charge in [-0.25, -0.2) is 9.97 Å². The fraction of sp³-hybridized carbons (Fsp3) is 0.231. The number of nitrogens with zero attached hydrogens (tertiary/aromatic N) is 2. The van der Waals surface area contributed by atoms with E-state index >= 15 is 0 Å². The third-order valence-corrected chi connectivity index (χ3v) is 3.58. The fourth-order valence-corrected chi connectivity index (χ4v) is 2.50. The van der Waals surface area contributed by atoms with E-state index in [0.29, 0.717) is 18.2 Å². The Morgan fingerprint density at radius 2 is 2.00 bits per heavy atom. The Bertz CT molecular complexity index is 548. The number of ether oxygens (including phenoxy) is 1. The molecule has 0 aliphatic carbocycles. The zero-order chi connectivity index (χ0) is 13.7. The van der Waals surface area contributed by atoms with Gasteiger partial charge in [-0.1, -0.05) is 23.7 Å². The first-order valence-corrected chi connectivity index (χ1v) is 7.03. The Hall–Kier alpha value is -1.30. The molecule has 0 bridgehead atoms. The Morgan fingerprint density at radius 3 is 2.68 bits per heavy atom. The lowest BCUT2D eigenvalue weighted by molar-refractivity contribution is 0.177. The molecule has 0 saturated heterocycles. The number of hydrogen-bond donors (Lipinski definition) is 1. The molecule has 0 aliphatic heterocycles. The third kappa shape index (κ3) is 4.38. The molecule has 0 spiro atoms. The van der Waals surface area contributed by atoms with Crippen molar-refractivity contribution in [3.8, 4) is 0 Å². The van der Waals surface area contributed by atoms with Gasteiger partial charge in [-0.3, -0.25) is 0 Å². The highest BCUT2D eigenvalue weighted by atomic mass is 35.5. The van der Waals surface area contributed by atoms with E-state index in [1.807, 2.05) is 24.3 Å². The summed E-state index contributed by atoms with van der Waals surface area (Å²) in [5, 5.41) is 1.58. The molecule has 2 aromatic rings. The smallest absolute Gasteiger partial charge is 0.157 e. The van der Waals surface area contributed by atoms with Crippen LogP contribution >= 0.6 is 23.4 Å². The van der Waals surface area contributed by atoms with Crippen molar-refractivity contribution in [2.75, 3.05) is 12.8 Å². The van der Waals surface area contributed by atoms with E-state index in [-0.39, 0.29) is 0 Å². The maximum atomic E-state index is 5.85. The van der Waals surface area contributed by atoms with Gasteiger partial charge in [0.25, 0.3) is 0 Å².